The third kappa shape index (κ3) is 2.55. The molecular weight excluding hydrogens is 276 g/mol. The van der Waals surface area contributed by atoms with Gasteiger partial charge < -0.3 is 11.1 Å². The molecule has 0 bridgehead atoms. The number of halogens is 1. The Labute approximate surface area is 122 Å². The molecule has 3 N–H and O–H groups in total. The van der Waals surface area contributed by atoms with Gasteiger partial charge in [0.15, 0.2) is 0 Å². The second-order valence-corrected chi connectivity index (χ2v) is 5.05. The van der Waals surface area contributed by atoms with Gasteiger partial charge in [0, 0.05) is 6.20 Å². The summed E-state index contributed by atoms with van der Waals surface area (Å²) < 4.78 is 1.63. The van der Waals surface area contributed by atoms with Crippen LogP contribution >= 0.6 is 11.6 Å². The van der Waals surface area contributed by atoms with Crippen LogP contribution in [-0.2, 0) is 16.9 Å². The molecule has 1 atom stereocenters. The maximum atomic E-state index is 12.0. The highest BCUT2D eigenvalue weighted by atomic mass is 35.5. The number of hydrogen-bond acceptors (Lipinski definition) is 3. The van der Waals surface area contributed by atoms with Gasteiger partial charge in [-0.05, 0) is 19.5 Å². The van der Waals surface area contributed by atoms with Crippen LogP contribution in [0.5, 0.6) is 0 Å². The monoisotopic (exact) mass is 292 g/mol. The number of nitrogens with one attached hydrogen (secondary N) is 1. The first-order valence-electron chi connectivity index (χ1n) is 6.23. The number of nitrogens with two attached hydrogens (primary N) is 1. The number of hydrogen-bond donors (Lipinski definition) is 2. The first kappa shape index (κ1) is 14.6. The number of nitrogens with zero attached hydrogens (tertiary/aromatic N) is 2. The summed E-state index contributed by atoms with van der Waals surface area (Å²) in [5.41, 5.74) is 6.11. The molecule has 0 radical (unpaired) electrons. The predicted octanol–water partition coefficient (Wildman–Crippen LogP) is 1.45. The van der Waals surface area contributed by atoms with Crippen LogP contribution in [0.2, 0.25) is 5.02 Å². The molecule has 0 spiro atoms. The van der Waals surface area contributed by atoms with E-state index < -0.39 is 11.4 Å². The van der Waals surface area contributed by atoms with E-state index in [1.54, 1.807) is 17.9 Å². The molecule has 0 aliphatic rings. The van der Waals surface area contributed by atoms with Gasteiger partial charge in [-0.1, -0.05) is 41.9 Å². The van der Waals surface area contributed by atoms with Crippen molar-refractivity contribution in [3.8, 4) is 0 Å². The number of rotatable bonds is 5. The molecule has 2 rings (SSSR count). The van der Waals surface area contributed by atoms with E-state index in [0.717, 1.165) is 5.56 Å². The molecule has 1 heterocycles. The molecule has 5 nitrogen and oxygen atoms in total. The number of likely N-dealkylation sites (N-methyl/N-ethyl adjacent to an activating group) is 1. The molecule has 1 aromatic heterocycles. The number of benzene rings is 1. The van der Waals surface area contributed by atoms with Crippen LogP contribution in [-0.4, -0.2) is 22.7 Å². The van der Waals surface area contributed by atoms with Gasteiger partial charge in [0.2, 0.25) is 5.91 Å². The van der Waals surface area contributed by atoms with Gasteiger partial charge in [0.25, 0.3) is 0 Å². The lowest BCUT2D eigenvalue weighted by atomic mass is 9.89. The molecule has 0 aliphatic carbocycles. The molecule has 1 unspecified atom stereocenters. The van der Waals surface area contributed by atoms with Crippen LogP contribution in [0.25, 0.3) is 0 Å². The number of amides is 1. The average Bonchev–Trinajstić information content (AvgIpc) is 2.75. The molecule has 0 saturated heterocycles. The van der Waals surface area contributed by atoms with Crippen molar-refractivity contribution in [2.24, 2.45) is 5.73 Å². The van der Waals surface area contributed by atoms with Crippen molar-refractivity contribution in [2.45, 2.75) is 19.0 Å². The summed E-state index contributed by atoms with van der Waals surface area (Å²) in [6.45, 7) is 2.09. The standard InChI is InChI=1S/C14H17ClN4O/c1-10-12(15)8-19(18-10)9-14(17-2,13(16)20)11-6-4-3-5-7-11/h3-8,17H,9H2,1-2H3,(H2,16,20). The molecule has 0 aliphatic heterocycles. The minimum Gasteiger partial charge on any atom is -0.368 e. The van der Waals surface area contributed by atoms with Gasteiger partial charge in [0.1, 0.15) is 5.54 Å². The van der Waals surface area contributed by atoms with Crippen LogP contribution in [0.3, 0.4) is 0 Å². The highest BCUT2D eigenvalue weighted by molar-refractivity contribution is 6.31. The fourth-order valence-electron chi connectivity index (χ4n) is 2.20. The summed E-state index contributed by atoms with van der Waals surface area (Å²) in [4.78, 5) is 12.0. The van der Waals surface area contributed by atoms with Gasteiger partial charge >= 0.3 is 0 Å². The Hall–Kier alpha value is -1.85. The van der Waals surface area contributed by atoms with E-state index in [2.05, 4.69) is 10.4 Å². The SMILES string of the molecule is CNC(Cn1cc(Cl)c(C)n1)(C(N)=O)c1ccccc1. The lowest BCUT2D eigenvalue weighted by Crippen LogP contribution is -2.54. The Bertz CT molecular complexity index is 591. The normalized spacial score (nSPS) is 13.9. The Balaban J connectivity index is 2.45. The second-order valence-electron chi connectivity index (χ2n) is 4.65. The number of aryl methyl sites for hydroxylation is 1. The number of aromatic nitrogens is 2. The lowest BCUT2D eigenvalue weighted by Gasteiger charge is -2.30. The Morgan fingerprint density at radius 2 is 2.10 bits per heavy atom. The van der Waals surface area contributed by atoms with Crippen LogP contribution in [0.15, 0.2) is 36.5 Å². The van der Waals surface area contributed by atoms with E-state index >= 15 is 0 Å². The highest BCUT2D eigenvalue weighted by Crippen LogP contribution is 2.24. The maximum absolute atomic E-state index is 12.0. The smallest absolute Gasteiger partial charge is 0.244 e. The summed E-state index contributed by atoms with van der Waals surface area (Å²) >= 11 is 6.01. The van der Waals surface area contributed by atoms with Gasteiger partial charge in [-0.15, -0.1) is 0 Å². The van der Waals surface area contributed by atoms with Crippen molar-refractivity contribution in [2.75, 3.05) is 7.05 Å². The van der Waals surface area contributed by atoms with Crippen molar-refractivity contribution >= 4 is 17.5 Å². The Morgan fingerprint density at radius 3 is 2.55 bits per heavy atom. The zero-order valence-electron chi connectivity index (χ0n) is 11.4. The van der Waals surface area contributed by atoms with Gasteiger partial charge in [-0.2, -0.15) is 5.10 Å². The minimum atomic E-state index is -1.02. The first-order chi connectivity index (χ1) is 9.49. The fourth-order valence-corrected chi connectivity index (χ4v) is 2.35. The van der Waals surface area contributed by atoms with E-state index in [-0.39, 0.29) is 6.54 Å². The second kappa shape index (κ2) is 5.64. The number of carbonyl (C=O) groups excluding carboxylic acids is 1. The molecule has 106 valence electrons. The molecule has 1 amide bonds. The van der Waals surface area contributed by atoms with Crippen LogP contribution in [0.1, 0.15) is 11.3 Å². The first-order valence-corrected chi connectivity index (χ1v) is 6.61. The van der Waals surface area contributed by atoms with Crippen LogP contribution < -0.4 is 11.1 Å². The molecular formula is C14H17ClN4O. The third-order valence-corrected chi connectivity index (χ3v) is 3.77. The van der Waals surface area contributed by atoms with Crippen LogP contribution in [0, 0.1) is 6.92 Å². The fraction of sp³-hybridized carbons (Fsp3) is 0.286. The van der Waals surface area contributed by atoms with E-state index in [1.165, 1.54) is 0 Å². The highest BCUT2D eigenvalue weighted by Gasteiger charge is 2.37. The van der Waals surface area contributed by atoms with E-state index in [1.807, 2.05) is 37.3 Å². The lowest BCUT2D eigenvalue weighted by molar-refractivity contribution is -0.125. The van der Waals surface area contributed by atoms with E-state index in [0.29, 0.717) is 10.7 Å². The summed E-state index contributed by atoms with van der Waals surface area (Å²) in [5.74, 6) is -0.463. The van der Waals surface area contributed by atoms with Gasteiger partial charge in [-0.3, -0.25) is 9.48 Å². The van der Waals surface area contributed by atoms with Crippen LogP contribution in [0.4, 0.5) is 0 Å². The summed E-state index contributed by atoms with van der Waals surface area (Å²) in [7, 11) is 1.70. The van der Waals surface area contributed by atoms with Crippen molar-refractivity contribution in [1.82, 2.24) is 15.1 Å². The predicted molar refractivity (Wildman–Crippen MR) is 78.3 cm³/mol. The molecule has 0 saturated carbocycles. The number of carbonyl (C=O) groups is 1. The zero-order chi connectivity index (χ0) is 14.8. The molecule has 2 aromatic rings. The largest absolute Gasteiger partial charge is 0.368 e. The molecule has 1 aromatic carbocycles. The molecule has 20 heavy (non-hydrogen) atoms. The minimum absolute atomic E-state index is 0.274. The summed E-state index contributed by atoms with van der Waals surface area (Å²) in [5, 5.41) is 7.88. The van der Waals surface area contributed by atoms with Crippen molar-refractivity contribution in [3.05, 3.63) is 52.8 Å². The average molecular weight is 293 g/mol. The molecule has 6 heteroatoms. The third-order valence-electron chi connectivity index (χ3n) is 3.40. The summed E-state index contributed by atoms with van der Waals surface area (Å²) in [6, 6.07) is 9.34. The summed E-state index contributed by atoms with van der Waals surface area (Å²) in [6.07, 6.45) is 1.69. The van der Waals surface area contributed by atoms with Crippen molar-refractivity contribution in [3.63, 3.8) is 0 Å². The van der Waals surface area contributed by atoms with E-state index in [9.17, 15) is 4.79 Å². The zero-order valence-corrected chi connectivity index (χ0v) is 12.2. The topological polar surface area (TPSA) is 72.9 Å². The van der Waals surface area contributed by atoms with Gasteiger partial charge in [-0.25, -0.2) is 0 Å². The Kier molecular flexibility index (Phi) is 4.11. The van der Waals surface area contributed by atoms with E-state index in [4.69, 9.17) is 17.3 Å². The van der Waals surface area contributed by atoms with Gasteiger partial charge in [0.05, 0.1) is 17.3 Å². The Morgan fingerprint density at radius 1 is 1.45 bits per heavy atom. The number of primary amides is 1. The quantitative estimate of drug-likeness (QED) is 0.876. The molecule has 0 fully saturated rings. The van der Waals surface area contributed by atoms with Crippen molar-refractivity contribution in [1.29, 1.82) is 0 Å². The van der Waals surface area contributed by atoms with Crippen molar-refractivity contribution < 1.29 is 4.79 Å². The maximum Gasteiger partial charge on any atom is 0.244 e.